The molecule has 0 spiro atoms. The van der Waals surface area contributed by atoms with Crippen LogP contribution in [0.3, 0.4) is 0 Å². The number of amides is 2. The van der Waals surface area contributed by atoms with Crippen molar-refractivity contribution >= 4 is 34.1 Å². The molecular formula is C19H16F3N3O3. The molecule has 0 aliphatic carbocycles. The molecule has 2 N–H and O–H groups in total. The number of ether oxygens (including phenoxy) is 1. The molecule has 0 unspecified atom stereocenters. The van der Waals surface area contributed by atoms with Crippen LogP contribution in [0.25, 0.3) is 10.9 Å². The highest BCUT2D eigenvalue weighted by atomic mass is 19.4. The van der Waals surface area contributed by atoms with Crippen LogP contribution in [0, 0.1) is 0 Å². The number of nitrogens with zero attached hydrogens (tertiary/aromatic N) is 1. The zero-order valence-electron chi connectivity index (χ0n) is 14.9. The molecule has 1 aromatic heterocycles. The number of aromatic amines is 1. The second kappa shape index (κ2) is 7.26. The van der Waals surface area contributed by atoms with E-state index in [2.05, 4.69) is 15.0 Å². The number of alkyl halides is 3. The number of hydrogen-bond acceptors (Lipinski definition) is 3. The van der Waals surface area contributed by atoms with E-state index in [0.29, 0.717) is 22.3 Å². The van der Waals surface area contributed by atoms with E-state index in [0.717, 1.165) is 0 Å². The summed E-state index contributed by atoms with van der Waals surface area (Å²) in [5.41, 5.74) is 1.70. The number of halogens is 3. The van der Waals surface area contributed by atoms with Crippen LogP contribution in [0.4, 0.5) is 24.5 Å². The van der Waals surface area contributed by atoms with Gasteiger partial charge >= 0.3 is 6.36 Å². The Morgan fingerprint density at radius 3 is 2.36 bits per heavy atom. The standard InChI is InChI=1S/C19H16F3N3O3/c1-11(26)25(2)14-6-4-13(5-7-14)23-18(27)17-9-12-3-8-15(10-16(12)24-17)28-19(20,21)22/h3-10,24H,1-2H3,(H,23,27). The van der Waals surface area contributed by atoms with Crippen LogP contribution in [0.2, 0.25) is 0 Å². The molecule has 146 valence electrons. The molecule has 0 bridgehead atoms. The molecule has 0 saturated heterocycles. The van der Waals surface area contributed by atoms with Crippen LogP contribution in [0.15, 0.2) is 48.5 Å². The molecule has 0 atom stereocenters. The van der Waals surface area contributed by atoms with Crippen LogP contribution in [0.5, 0.6) is 5.75 Å². The molecule has 6 nitrogen and oxygen atoms in total. The normalized spacial score (nSPS) is 11.3. The Morgan fingerprint density at radius 2 is 1.75 bits per heavy atom. The van der Waals surface area contributed by atoms with Crippen molar-refractivity contribution in [3.63, 3.8) is 0 Å². The summed E-state index contributed by atoms with van der Waals surface area (Å²) >= 11 is 0. The third kappa shape index (κ3) is 4.43. The first kappa shape index (κ1) is 19.3. The van der Waals surface area contributed by atoms with Gasteiger partial charge in [0.1, 0.15) is 11.4 Å². The van der Waals surface area contributed by atoms with E-state index < -0.39 is 12.3 Å². The highest BCUT2D eigenvalue weighted by Crippen LogP contribution is 2.27. The van der Waals surface area contributed by atoms with E-state index in [4.69, 9.17) is 0 Å². The molecule has 28 heavy (non-hydrogen) atoms. The average Bonchev–Trinajstić information content (AvgIpc) is 3.03. The van der Waals surface area contributed by atoms with Crippen molar-refractivity contribution < 1.29 is 27.5 Å². The van der Waals surface area contributed by atoms with Crippen LogP contribution >= 0.6 is 0 Å². The fraction of sp³-hybridized carbons (Fsp3) is 0.158. The number of carbonyl (C=O) groups is 2. The number of fused-ring (bicyclic) bond motifs is 1. The zero-order chi connectivity index (χ0) is 20.5. The van der Waals surface area contributed by atoms with E-state index in [1.165, 1.54) is 36.1 Å². The van der Waals surface area contributed by atoms with Crippen molar-refractivity contribution in [3.8, 4) is 5.75 Å². The van der Waals surface area contributed by atoms with Gasteiger partial charge in [0.15, 0.2) is 0 Å². The number of hydrogen-bond donors (Lipinski definition) is 2. The Bertz CT molecular complexity index is 1030. The van der Waals surface area contributed by atoms with E-state index in [1.807, 2.05) is 0 Å². The molecule has 0 fully saturated rings. The Kier molecular flexibility index (Phi) is 5.00. The molecule has 2 amide bonds. The molecule has 3 rings (SSSR count). The van der Waals surface area contributed by atoms with Crippen molar-refractivity contribution in [2.24, 2.45) is 0 Å². The highest BCUT2D eigenvalue weighted by Gasteiger charge is 2.31. The Hall–Kier alpha value is -3.49. The van der Waals surface area contributed by atoms with Crippen molar-refractivity contribution in [3.05, 3.63) is 54.2 Å². The summed E-state index contributed by atoms with van der Waals surface area (Å²) in [6.45, 7) is 1.44. The minimum atomic E-state index is -4.79. The van der Waals surface area contributed by atoms with Gasteiger partial charge < -0.3 is 19.9 Å². The smallest absolute Gasteiger partial charge is 0.406 e. The zero-order valence-corrected chi connectivity index (χ0v) is 14.9. The lowest BCUT2D eigenvalue weighted by molar-refractivity contribution is -0.274. The number of aromatic nitrogens is 1. The fourth-order valence-corrected chi connectivity index (χ4v) is 2.57. The minimum Gasteiger partial charge on any atom is -0.406 e. The average molecular weight is 391 g/mol. The predicted molar refractivity (Wildman–Crippen MR) is 98.5 cm³/mol. The van der Waals surface area contributed by atoms with Crippen LogP contribution in [-0.4, -0.2) is 30.2 Å². The first-order chi connectivity index (χ1) is 13.1. The van der Waals surface area contributed by atoms with E-state index in [9.17, 15) is 22.8 Å². The minimum absolute atomic E-state index is 0.122. The van der Waals surface area contributed by atoms with Crippen molar-refractivity contribution in [1.29, 1.82) is 0 Å². The molecular weight excluding hydrogens is 375 g/mol. The van der Waals surface area contributed by atoms with Gasteiger partial charge in [-0.25, -0.2) is 0 Å². The van der Waals surface area contributed by atoms with Crippen LogP contribution in [0.1, 0.15) is 17.4 Å². The van der Waals surface area contributed by atoms with Gasteiger partial charge in [0.25, 0.3) is 5.91 Å². The SMILES string of the molecule is CC(=O)N(C)c1ccc(NC(=O)c2cc3ccc(OC(F)(F)F)cc3[nH]2)cc1. The molecule has 0 saturated carbocycles. The van der Waals surface area contributed by atoms with Crippen molar-refractivity contribution in [2.75, 3.05) is 17.3 Å². The number of rotatable bonds is 4. The maximum atomic E-state index is 12.4. The monoisotopic (exact) mass is 391 g/mol. The molecule has 3 aromatic rings. The molecule has 0 aliphatic rings. The van der Waals surface area contributed by atoms with Crippen LogP contribution in [-0.2, 0) is 4.79 Å². The van der Waals surface area contributed by atoms with E-state index in [1.54, 1.807) is 31.3 Å². The Labute approximate surface area is 157 Å². The summed E-state index contributed by atoms with van der Waals surface area (Å²) in [6.07, 6.45) is -4.79. The van der Waals surface area contributed by atoms with Gasteiger partial charge in [0.2, 0.25) is 5.91 Å². The summed E-state index contributed by atoms with van der Waals surface area (Å²) in [5.74, 6) is -0.954. The van der Waals surface area contributed by atoms with Gasteiger partial charge in [-0.1, -0.05) is 0 Å². The maximum Gasteiger partial charge on any atom is 0.573 e. The highest BCUT2D eigenvalue weighted by molar-refractivity contribution is 6.06. The van der Waals surface area contributed by atoms with Gasteiger partial charge in [-0.05, 0) is 42.5 Å². The molecule has 1 heterocycles. The number of anilines is 2. The van der Waals surface area contributed by atoms with Crippen molar-refractivity contribution in [1.82, 2.24) is 4.98 Å². The lowest BCUT2D eigenvalue weighted by atomic mass is 10.2. The third-order valence-corrected chi connectivity index (χ3v) is 4.06. The number of H-pyrrole nitrogens is 1. The molecule has 0 aliphatic heterocycles. The van der Waals surface area contributed by atoms with Crippen LogP contribution < -0.4 is 15.0 Å². The van der Waals surface area contributed by atoms with E-state index in [-0.39, 0.29) is 17.4 Å². The molecule has 9 heteroatoms. The van der Waals surface area contributed by atoms with E-state index >= 15 is 0 Å². The van der Waals surface area contributed by atoms with Crippen molar-refractivity contribution in [2.45, 2.75) is 13.3 Å². The first-order valence-corrected chi connectivity index (χ1v) is 8.16. The fourth-order valence-electron chi connectivity index (χ4n) is 2.57. The quantitative estimate of drug-likeness (QED) is 0.696. The van der Waals surface area contributed by atoms with Gasteiger partial charge in [-0.3, -0.25) is 9.59 Å². The Balaban J connectivity index is 1.75. The van der Waals surface area contributed by atoms with Gasteiger partial charge in [-0.2, -0.15) is 0 Å². The lowest BCUT2D eigenvalue weighted by Crippen LogP contribution is -2.22. The largest absolute Gasteiger partial charge is 0.573 e. The summed E-state index contributed by atoms with van der Waals surface area (Å²) in [4.78, 5) is 28.0. The summed E-state index contributed by atoms with van der Waals surface area (Å²) < 4.78 is 40.8. The lowest BCUT2D eigenvalue weighted by Gasteiger charge is -2.15. The first-order valence-electron chi connectivity index (χ1n) is 8.16. The van der Waals surface area contributed by atoms with Gasteiger partial charge in [-0.15, -0.1) is 13.2 Å². The summed E-state index contributed by atoms with van der Waals surface area (Å²) in [7, 11) is 1.64. The molecule has 0 radical (unpaired) electrons. The number of carbonyl (C=O) groups excluding carboxylic acids is 2. The number of benzene rings is 2. The second-order valence-corrected chi connectivity index (χ2v) is 6.06. The number of nitrogens with one attached hydrogen (secondary N) is 2. The van der Waals surface area contributed by atoms with Gasteiger partial charge in [0.05, 0.1) is 0 Å². The maximum absolute atomic E-state index is 12.4. The molecule has 2 aromatic carbocycles. The summed E-state index contributed by atoms with van der Waals surface area (Å²) in [5, 5.41) is 3.25. The topological polar surface area (TPSA) is 74.4 Å². The summed E-state index contributed by atoms with van der Waals surface area (Å²) in [6, 6.07) is 12.0. The third-order valence-electron chi connectivity index (χ3n) is 4.06. The predicted octanol–water partition coefficient (Wildman–Crippen LogP) is 4.30. The second-order valence-electron chi connectivity index (χ2n) is 6.06. The Morgan fingerprint density at radius 1 is 1.07 bits per heavy atom. The van der Waals surface area contributed by atoms with Gasteiger partial charge in [0, 0.05) is 42.3 Å².